The second kappa shape index (κ2) is 7.75. The van der Waals surface area contributed by atoms with Gasteiger partial charge in [-0.05, 0) is 43.0 Å². The minimum absolute atomic E-state index is 0.149. The van der Waals surface area contributed by atoms with Crippen LogP contribution in [-0.2, 0) is 0 Å². The van der Waals surface area contributed by atoms with E-state index in [1.165, 1.54) is 4.90 Å². The maximum Gasteiger partial charge on any atom is 0.407 e. The van der Waals surface area contributed by atoms with Gasteiger partial charge in [-0.25, -0.2) is 9.78 Å². The van der Waals surface area contributed by atoms with Gasteiger partial charge in [0.05, 0.1) is 16.6 Å². The zero-order valence-corrected chi connectivity index (χ0v) is 16.8. The van der Waals surface area contributed by atoms with E-state index >= 15 is 0 Å². The topological polar surface area (TPSA) is 127 Å². The normalized spacial score (nSPS) is 14.9. The first kappa shape index (κ1) is 19.1. The molecule has 4 N–H and O–H groups in total. The molecule has 3 heterocycles. The molecular weight excluding hydrogens is 396 g/mol. The molecule has 4 aromatic rings. The number of nitrogens with zero attached hydrogens (tertiary/aromatic N) is 3. The number of nitrogens with one attached hydrogen (secondary N) is 3. The molecule has 1 aliphatic rings. The summed E-state index contributed by atoms with van der Waals surface area (Å²) < 4.78 is 0. The van der Waals surface area contributed by atoms with E-state index in [4.69, 9.17) is 5.11 Å². The van der Waals surface area contributed by atoms with Crippen molar-refractivity contribution >= 4 is 33.9 Å². The summed E-state index contributed by atoms with van der Waals surface area (Å²) in [5.41, 5.74) is 3.76. The zero-order valence-electron chi connectivity index (χ0n) is 16.8. The number of amides is 2. The molecule has 0 saturated carbocycles. The lowest BCUT2D eigenvalue weighted by atomic mass is 9.97. The highest BCUT2D eigenvalue weighted by molar-refractivity contribution is 5.98. The van der Waals surface area contributed by atoms with E-state index in [0.717, 1.165) is 40.5 Å². The quantitative estimate of drug-likeness (QED) is 0.405. The number of hydrogen-bond acceptors (Lipinski definition) is 4. The predicted molar refractivity (Wildman–Crippen MR) is 116 cm³/mol. The number of carboxylic acid groups (broad SMARTS) is 1. The van der Waals surface area contributed by atoms with Gasteiger partial charge < -0.3 is 20.3 Å². The molecule has 0 aliphatic carbocycles. The molecule has 2 aromatic carbocycles. The fourth-order valence-corrected chi connectivity index (χ4v) is 4.07. The number of carbonyl (C=O) groups excluding carboxylic acids is 1. The number of aromatic nitrogens is 4. The van der Waals surface area contributed by atoms with Crippen LogP contribution in [-0.4, -0.2) is 61.8 Å². The SMILES string of the molecule is O=C(NCC1CCN(C(=O)O)CC1)c1ccc2nc(-c3n[nH]c4ccccc34)[nH]c2c1. The Morgan fingerprint density at radius 3 is 2.74 bits per heavy atom. The Labute approximate surface area is 177 Å². The molecule has 2 aromatic heterocycles. The van der Waals surface area contributed by atoms with Crippen LogP contribution in [0.4, 0.5) is 4.79 Å². The number of para-hydroxylation sites is 1. The minimum Gasteiger partial charge on any atom is -0.465 e. The van der Waals surface area contributed by atoms with Crippen molar-refractivity contribution in [2.45, 2.75) is 12.8 Å². The van der Waals surface area contributed by atoms with Crippen LogP contribution >= 0.6 is 0 Å². The Morgan fingerprint density at radius 2 is 1.94 bits per heavy atom. The molecule has 9 nitrogen and oxygen atoms in total. The van der Waals surface area contributed by atoms with E-state index in [2.05, 4.69) is 25.5 Å². The number of carbonyl (C=O) groups is 2. The Morgan fingerprint density at radius 1 is 1.13 bits per heavy atom. The number of benzene rings is 2. The third kappa shape index (κ3) is 3.70. The lowest BCUT2D eigenvalue weighted by molar-refractivity contribution is 0.0929. The highest BCUT2D eigenvalue weighted by atomic mass is 16.4. The number of H-pyrrole nitrogens is 2. The Kier molecular flexibility index (Phi) is 4.78. The summed E-state index contributed by atoms with van der Waals surface area (Å²) in [4.78, 5) is 33.0. The van der Waals surface area contributed by atoms with Gasteiger partial charge in [0.15, 0.2) is 5.82 Å². The molecule has 158 valence electrons. The molecule has 1 aliphatic heterocycles. The van der Waals surface area contributed by atoms with Crippen LogP contribution in [0.5, 0.6) is 0 Å². The molecule has 0 atom stereocenters. The number of piperidine rings is 1. The maximum atomic E-state index is 12.6. The fourth-order valence-electron chi connectivity index (χ4n) is 4.07. The van der Waals surface area contributed by atoms with Crippen molar-refractivity contribution in [3.05, 3.63) is 48.0 Å². The van der Waals surface area contributed by atoms with Gasteiger partial charge in [0, 0.05) is 30.6 Å². The second-order valence-electron chi connectivity index (χ2n) is 7.86. The number of aromatic amines is 2. The van der Waals surface area contributed by atoms with Crippen molar-refractivity contribution in [3.8, 4) is 11.5 Å². The Balaban J connectivity index is 1.29. The van der Waals surface area contributed by atoms with Crippen molar-refractivity contribution in [1.29, 1.82) is 0 Å². The molecule has 2 amide bonds. The number of fused-ring (bicyclic) bond motifs is 2. The second-order valence-corrected chi connectivity index (χ2v) is 7.86. The molecule has 0 spiro atoms. The van der Waals surface area contributed by atoms with E-state index in [1.807, 2.05) is 30.3 Å². The molecule has 0 bridgehead atoms. The standard InChI is InChI=1S/C22H22N6O3/c29-21(23-12-13-7-9-28(10-8-13)22(30)31)14-5-6-17-18(11-14)25-20(24-17)19-15-3-1-2-4-16(15)26-27-19/h1-6,11,13H,7-10,12H2,(H,23,29)(H,24,25)(H,26,27)(H,30,31). The monoisotopic (exact) mass is 418 g/mol. The molecular formula is C22H22N6O3. The van der Waals surface area contributed by atoms with Gasteiger partial charge in [0.25, 0.3) is 5.91 Å². The summed E-state index contributed by atoms with van der Waals surface area (Å²) in [5, 5.41) is 20.4. The first-order valence-electron chi connectivity index (χ1n) is 10.3. The smallest absolute Gasteiger partial charge is 0.407 e. The molecule has 1 saturated heterocycles. The third-order valence-corrected chi connectivity index (χ3v) is 5.88. The van der Waals surface area contributed by atoms with E-state index in [1.54, 1.807) is 12.1 Å². The largest absolute Gasteiger partial charge is 0.465 e. The van der Waals surface area contributed by atoms with E-state index in [-0.39, 0.29) is 11.8 Å². The van der Waals surface area contributed by atoms with Crippen LogP contribution < -0.4 is 5.32 Å². The van der Waals surface area contributed by atoms with Gasteiger partial charge in [0.2, 0.25) is 0 Å². The highest BCUT2D eigenvalue weighted by Crippen LogP contribution is 2.26. The van der Waals surface area contributed by atoms with Crippen LogP contribution in [0.1, 0.15) is 23.2 Å². The minimum atomic E-state index is -0.877. The highest BCUT2D eigenvalue weighted by Gasteiger charge is 2.22. The van der Waals surface area contributed by atoms with Gasteiger partial charge >= 0.3 is 6.09 Å². The summed E-state index contributed by atoms with van der Waals surface area (Å²) in [6.45, 7) is 1.57. The van der Waals surface area contributed by atoms with E-state index < -0.39 is 6.09 Å². The van der Waals surface area contributed by atoms with Gasteiger partial charge in [-0.2, -0.15) is 5.10 Å². The molecule has 0 unspecified atom stereocenters. The van der Waals surface area contributed by atoms with Crippen molar-refractivity contribution in [1.82, 2.24) is 30.4 Å². The van der Waals surface area contributed by atoms with Crippen LogP contribution in [0.25, 0.3) is 33.5 Å². The first-order chi connectivity index (χ1) is 15.1. The summed E-state index contributed by atoms with van der Waals surface area (Å²) in [6.07, 6.45) is 0.637. The average Bonchev–Trinajstić information content (AvgIpc) is 3.41. The van der Waals surface area contributed by atoms with Crippen molar-refractivity contribution in [2.75, 3.05) is 19.6 Å². The number of hydrogen-bond donors (Lipinski definition) is 4. The average molecular weight is 418 g/mol. The van der Waals surface area contributed by atoms with Crippen LogP contribution in [0.15, 0.2) is 42.5 Å². The molecule has 0 radical (unpaired) electrons. The van der Waals surface area contributed by atoms with Crippen molar-refractivity contribution < 1.29 is 14.7 Å². The maximum absolute atomic E-state index is 12.6. The Hall–Kier alpha value is -3.88. The number of imidazole rings is 1. The van der Waals surface area contributed by atoms with E-state index in [0.29, 0.717) is 31.0 Å². The van der Waals surface area contributed by atoms with E-state index in [9.17, 15) is 9.59 Å². The number of likely N-dealkylation sites (tertiary alicyclic amines) is 1. The summed E-state index contributed by atoms with van der Waals surface area (Å²) >= 11 is 0. The molecule has 1 fully saturated rings. The fraction of sp³-hybridized carbons (Fsp3) is 0.273. The summed E-state index contributed by atoms with van der Waals surface area (Å²) in [5.74, 6) is 0.786. The third-order valence-electron chi connectivity index (χ3n) is 5.88. The first-order valence-corrected chi connectivity index (χ1v) is 10.3. The van der Waals surface area contributed by atoms with Gasteiger partial charge in [-0.3, -0.25) is 9.89 Å². The van der Waals surface area contributed by atoms with Crippen LogP contribution in [0, 0.1) is 5.92 Å². The van der Waals surface area contributed by atoms with Gasteiger partial charge in [-0.1, -0.05) is 18.2 Å². The van der Waals surface area contributed by atoms with Gasteiger partial charge in [-0.15, -0.1) is 0 Å². The zero-order chi connectivity index (χ0) is 21.4. The van der Waals surface area contributed by atoms with Crippen LogP contribution in [0.2, 0.25) is 0 Å². The predicted octanol–water partition coefficient (Wildman–Crippen LogP) is 3.23. The molecule has 9 heteroatoms. The summed E-state index contributed by atoms with van der Waals surface area (Å²) in [6, 6.07) is 13.2. The number of rotatable bonds is 4. The van der Waals surface area contributed by atoms with Crippen LogP contribution in [0.3, 0.4) is 0 Å². The van der Waals surface area contributed by atoms with Crippen molar-refractivity contribution in [2.24, 2.45) is 5.92 Å². The molecule has 31 heavy (non-hydrogen) atoms. The Bertz CT molecular complexity index is 1270. The lowest BCUT2D eigenvalue weighted by Gasteiger charge is -2.29. The van der Waals surface area contributed by atoms with Gasteiger partial charge in [0.1, 0.15) is 5.69 Å². The molecule has 5 rings (SSSR count). The summed E-state index contributed by atoms with van der Waals surface area (Å²) in [7, 11) is 0. The van der Waals surface area contributed by atoms with Crippen molar-refractivity contribution in [3.63, 3.8) is 0 Å². The lowest BCUT2D eigenvalue weighted by Crippen LogP contribution is -2.40.